The van der Waals surface area contributed by atoms with Gasteiger partial charge in [0.05, 0.1) is 23.7 Å². The molecule has 3 aromatic rings. The molecule has 1 aromatic heterocycles. The van der Waals surface area contributed by atoms with Crippen LogP contribution in [0.1, 0.15) is 37.4 Å². The molecule has 0 unspecified atom stereocenters. The van der Waals surface area contributed by atoms with E-state index in [2.05, 4.69) is 10.4 Å². The van der Waals surface area contributed by atoms with Gasteiger partial charge in [-0.1, -0.05) is 31.0 Å². The number of fused-ring (bicyclic) bond motifs is 1. The highest BCUT2D eigenvalue weighted by atomic mass is 19.1. The molecule has 7 heteroatoms. The number of nitrogens with zero attached hydrogens (tertiary/aromatic N) is 2. The predicted molar refractivity (Wildman–Crippen MR) is 107 cm³/mol. The van der Waals surface area contributed by atoms with Crippen molar-refractivity contribution in [1.82, 2.24) is 15.1 Å². The van der Waals surface area contributed by atoms with Crippen molar-refractivity contribution in [3.8, 4) is 5.75 Å². The molecule has 0 aliphatic heterocycles. The van der Waals surface area contributed by atoms with E-state index in [0.29, 0.717) is 16.8 Å². The zero-order valence-electron chi connectivity index (χ0n) is 15.9. The number of rotatable bonds is 6. The van der Waals surface area contributed by atoms with Crippen LogP contribution in [0.5, 0.6) is 5.75 Å². The van der Waals surface area contributed by atoms with Crippen LogP contribution < -0.4 is 15.6 Å². The van der Waals surface area contributed by atoms with Crippen LogP contribution in [0.15, 0.2) is 53.3 Å². The minimum absolute atomic E-state index is 0.0813. The summed E-state index contributed by atoms with van der Waals surface area (Å²) < 4.78 is 19.9. The summed E-state index contributed by atoms with van der Waals surface area (Å²) in [6.45, 7) is 0.00491. The average Bonchev–Trinajstić information content (AvgIpc) is 3.28. The van der Waals surface area contributed by atoms with E-state index in [0.717, 1.165) is 31.1 Å². The molecule has 6 nitrogen and oxygen atoms in total. The van der Waals surface area contributed by atoms with Crippen molar-refractivity contribution in [2.45, 2.75) is 38.3 Å². The van der Waals surface area contributed by atoms with Crippen molar-refractivity contribution in [1.29, 1.82) is 0 Å². The number of carbonyl (C=O) groups excluding carboxylic acids is 1. The molecule has 4 rings (SSSR count). The highest BCUT2D eigenvalue weighted by Gasteiger charge is 2.21. The molecule has 0 spiro atoms. The van der Waals surface area contributed by atoms with E-state index in [9.17, 15) is 14.0 Å². The number of hydrogen-bond acceptors (Lipinski definition) is 4. The third kappa shape index (κ3) is 4.29. The molecule has 2 aromatic carbocycles. The van der Waals surface area contributed by atoms with Crippen LogP contribution in [0.4, 0.5) is 4.39 Å². The summed E-state index contributed by atoms with van der Waals surface area (Å²) in [6, 6.07) is 12.9. The van der Waals surface area contributed by atoms with Crippen LogP contribution in [0.2, 0.25) is 0 Å². The van der Waals surface area contributed by atoms with Crippen LogP contribution in [-0.2, 0) is 11.3 Å². The number of benzene rings is 2. The van der Waals surface area contributed by atoms with Crippen molar-refractivity contribution >= 4 is 16.7 Å². The first-order valence-electron chi connectivity index (χ1n) is 9.77. The van der Waals surface area contributed by atoms with Crippen LogP contribution in [0.3, 0.4) is 0 Å². The third-order valence-corrected chi connectivity index (χ3v) is 5.21. The molecule has 1 saturated carbocycles. The lowest BCUT2D eigenvalue weighted by atomic mass is 10.1. The van der Waals surface area contributed by atoms with Gasteiger partial charge in [-0.3, -0.25) is 9.59 Å². The van der Waals surface area contributed by atoms with E-state index in [-0.39, 0.29) is 36.5 Å². The minimum atomic E-state index is -0.364. The smallest absolute Gasteiger partial charge is 0.274 e. The Labute approximate surface area is 167 Å². The monoisotopic (exact) mass is 395 g/mol. The van der Waals surface area contributed by atoms with Gasteiger partial charge in [0.15, 0.2) is 6.61 Å². The Morgan fingerprint density at radius 3 is 2.52 bits per heavy atom. The van der Waals surface area contributed by atoms with Crippen molar-refractivity contribution in [3.05, 3.63) is 70.4 Å². The van der Waals surface area contributed by atoms with E-state index in [4.69, 9.17) is 4.74 Å². The third-order valence-electron chi connectivity index (χ3n) is 5.21. The van der Waals surface area contributed by atoms with Gasteiger partial charge >= 0.3 is 0 Å². The summed E-state index contributed by atoms with van der Waals surface area (Å²) in [5, 5.41) is 8.74. The summed E-state index contributed by atoms with van der Waals surface area (Å²) in [6.07, 6.45) is 4.09. The second kappa shape index (κ2) is 8.43. The number of nitrogens with one attached hydrogen (secondary N) is 1. The fraction of sp³-hybridized carbons (Fsp3) is 0.318. The normalized spacial score (nSPS) is 14.2. The predicted octanol–water partition coefficient (Wildman–Crippen LogP) is 3.35. The molecule has 1 amide bonds. The SMILES string of the molecule is O=C(COc1ccc(F)cc1)NCc1nn(C2CCCC2)c(=O)c2ccccc12. The lowest BCUT2D eigenvalue weighted by Crippen LogP contribution is -2.32. The lowest BCUT2D eigenvalue weighted by Gasteiger charge is -2.16. The number of ether oxygens (including phenoxy) is 1. The maximum Gasteiger partial charge on any atom is 0.274 e. The topological polar surface area (TPSA) is 73.2 Å². The molecule has 0 saturated heterocycles. The quantitative estimate of drug-likeness (QED) is 0.695. The summed E-state index contributed by atoms with van der Waals surface area (Å²) in [5.41, 5.74) is 0.574. The fourth-order valence-corrected chi connectivity index (χ4v) is 3.71. The van der Waals surface area contributed by atoms with Gasteiger partial charge < -0.3 is 10.1 Å². The number of amides is 1. The average molecular weight is 395 g/mol. The first kappa shape index (κ1) is 19.1. The molecule has 0 radical (unpaired) electrons. The van der Waals surface area contributed by atoms with Crippen molar-refractivity contribution in [3.63, 3.8) is 0 Å². The molecule has 150 valence electrons. The molecule has 1 heterocycles. The van der Waals surface area contributed by atoms with Gasteiger partial charge in [0.1, 0.15) is 11.6 Å². The summed E-state index contributed by atoms with van der Waals surface area (Å²) in [4.78, 5) is 25.0. The Kier molecular flexibility index (Phi) is 5.55. The fourth-order valence-electron chi connectivity index (χ4n) is 3.71. The molecule has 1 N–H and O–H groups in total. The van der Waals surface area contributed by atoms with Crippen LogP contribution in [0, 0.1) is 5.82 Å². The highest BCUT2D eigenvalue weighted by Crippen LogP contribution is 2.28. The molecule has 1 fully saturated rings. The molecule has 0 atom stereocenters. The Hall–Kier alpha value is -3.22. The van der Waals surface area contributed by atoms with Crippen molar-refractivity contribution < 1.29 is 13.9 Å². The van der Waals surface area contributed by atoms with Gasteiger partial charge in [-0.15, -0.1) is 0 Å². The van der Waals surface area contributed by atoms with E-state index in [1.54, 1.807) is 10.7 Å². The standard InChI is InChI=1S/C22H22FN3O3/c23-15-9-11-17(12-10-15)29-14-21(27)24-13-20-18-7-3-4-8-19(18)22(28)26(25-20)16-5-1-2-6-16/h3-4,7-12,16H,1-2,5-6,13-14H2,(H,24,27). The van der Waals surface area contributed by atoms with Crippen molar-refractivity contribution in [2.75, 3.05) is 6.61 Å². The maximum absolute atomic E-state index is 12.9. The Morgan fingerprint density at radius 1 is 1.10 bits per heavy atom. The summed E-state index contributed by atoms with van der Waals surface area (Å²) >= 11 is 0. The zero-order valence-corrected chi connectivity index (χ0v) is 15.9. The van der Waals surface area contributed by atoms with Crippen LogP contribution in [-0.4, -0.2) is 22.3 Å². The Morgan fingerprint density at radius 2 is 1.79 bits per heavy atom. The molecule has 1 aliphatic rings. The first-order valence-corrected chi connectivity index (χ1v) is 9.77. The Bertz CT molecular complexity index is 1070. The van der Waals surface area contributed by atoms with Gasteiger partial charge in [-0.25, -0.2) is 9.07 Å². The maximum atomic E-state index is 12.9. The molecule has 0 bridgehead atoms. The van der Waals surface area contributed by atoms with Gasteiger partial charge in [0.25, 0.3) is 11.5 Å². The Balaban J connectivity index is 1.49. The lowest BCUT2D eigenvalue weighted by molar-refractivity contribution is -0.123. The minimum Gasteiger partial charge on any atom is -0.484 e. The molecule has 29 heavy (non-hydrogen) atoms. The highest BCUT2D eigenvalue weighted by molar-refractivity contribution is 5.84. The molecule has 1 aliphatic carbocycles. The second-order valence-electron chi connectivity index (χ2n) is 7.20. The van der Waals surface area contributed by atoms with E-state index in [1.807, 2.05) is 18.2 Å². The number of hydrogen-bond donors (Lipinski definition) is 1. The first-order chi connectivity index (χ1) is 14.1. The number of carbonyl (C=O) groups is 1. The molecular weight excluding hydrogens is 373 g/mol. The van der Waals surface area contributed by atoms with Crippen LogP contribution >= 0.6 is 0 Å². The second-order valence-corrected chi connectivity index (χ2v) is 7.20. The van der Waals surface area contributed by atoms with Gasteiger partial charge in [0, 0.05) is 5.39 Å². The largest absolute Gasteiger partial charge is 0.484 e. The van der Waals surface area contributed by atoms with Crippen molar-refractivity contribution in [2.24, 2.45) is 0 Å². The zero-order chi connectivity index (χ0) is 20.2. The number of aromatic nitrogens is 2. The van der Waals surface area contributed by atoms with Gasteiger partial charge in [-0.05, 0) is 43.2 Å². The van der Waals surface area contributed by atoms with Gasteiger partial charge in [-0.2, -0.15) is 5.10 Å². The number of halogens is 1. The van der Waals surface area contributed by atoms with E-state index in [1.165, 1.54) is 24.3 Å². The van der Waals surface area contributed by atoms with Crippen LogP contribution in [0.25, 0.3) is 10.8 Å². The summed E-state index contributed by atoms with van der Waals surface area (Å²) in [7, 11) is 0. The van der Waals surface area contributed by atoms with Gasteiger partial charge in [0.2, 0.25) is 0 Å². The summed E-state index contributed by atoms with van der Waals surface area (Å²) in [5.74, 6) is -0.268. The van der Waals surface area contributed by atoms with E-state index < -0.39 is 0 Å². The van der Waals surface area contributed by atoms with E-state index >= 15 is 0 Å². The molecular formula is C22H22FN3O3.